The number of amides is 1. The Morgan fingerprint density at radius 3 is 2.88 bits per heavy atom. The molecule has 0 radical (unpaired) electrons. The number of nitrogens with one attached hydrogen (secondary N) is 1. The van der Waals surface area contributed by atoms with Gasteiger partial charge in [0.15, 0.2) is 0 Å². The molecule has 2 N–H and O–H groups in total. The van der Waals surface area contributed by atoms with Crippen LogP contribution in [0.15, 0.2) is 0 Å². The summed E-state index contributed by atoms with van der Waals surface area (Å²) in [4.78, 5) is 14.0. The SMILES string of the molecule is CC1(O)CCCN(C(=O)[C@H]2CCCCN2)C1. The molecule has 2 fully saturated rings. The van der Waals surface area contributed by atoms with Crippen LogP contribution in [0.4, 0.5) is 0 Å². The molecule has 0 saturated carbocycles. The van der Waals surface area contributed by atoms with Gasteiger partial charge in [-0.25, -0.2) is 0 Å². The zero-order valence-corrected chi connectivity index (χ0v) is 10.0. The fourth-order valence-corrected chi connectivity index (χ4v) is 2.69. The van der Waals surface area contributed by atoms with Crippen LogP contribution in [0.1, 0.15) is 39.0 Å². The molecule has 0 bridgehead atoms. The van der Waals surface area contributed by atoms with Crippen molar-refractivity contribution in [2.45, 2.75) is 50.7 Å². The first-order chi connectivity index (χ1) is 7.58. The predicted octanol–water partition coefficient (Wildman–Crippen LogP) is 0.502. The highest BCUT2D eigenvalue weighted by Crippen LogP contribution is 2.21. The lowest BCUT2D eigenvalue weighted by Crippen LogP contribution is -2.55. The average molecular weight is 226 g/mol. The fraction of sp³-hybridized carbons (Fsp3) is 0.917. The van der Waals surface area contributed by atoms with E-state index in [4.69, 9.17) is 0 Å². The maximum absolute atomic E-state index is 12.2. The summed E-state index contributed by atoms with van der Waals surface area (Å²) in [6.45, 7) is 4.05. The number of piperidine rings is 2. The Hall–Kier alpha value is -0.610. The molecule has 0 aliphatic carbocycles. The van der Waals surface area contributed by atoms with Crippen molar-refractivity contribution in [1.82, 2.24) is 10.2 Å². The van der Waals surface area contributed by atoms with Crippen LogP contribution in [0.5, 0.6) is 0 Å². The van der Waals surface area contributed by atoms with Gasteiger partial charge < -0.3 is 15.3 Å². The predicted molar refractivity (Wildman–Crippen MR) is 62.1 cm³/mol. The van der Waals surface area contributed by atoms with Crippen LogP contribution in [-0.4, -0.2) is 47.2 Å². The van der Waals surface area contributed by atoms with Crippen LogP contribution >= 0.6 is 0 Å². The second-order valence-electron chi connectivity index (χ2n) is 5.36. The highest BCUT2D eigenvalue weighted by Gasteiger charge is 2.33. The molecule has 2 aliphatic rings. The molecule has 4 nitrogen and oxygen atoms in total. The Bertz CT molecular complexity index is 260. The maximum Gasteiger partial charge on any atom is 0.239 e. The normalized spacial score (nSPS) is 36.1. The first kappa shape index (κ1) is 11.9. The fourth-order valence-electron chi connectivity index (χ4n) is 2.69. The van der Waals surface area contributed by atoms with E-state index in [-0.39, 0.29) is 11.9 Å². The van der Waals surface area contributed by atoms with Crippen LogP contribution < -0.4 is 5.32 Å². The standard InChI is InChI=1S/C12H22N2O2/c1-12(16)6-4-8-14(9-12)11(15)10-5-2-3-7-13-10/h10,13,16H,2-9H2,1H3/t10-,12?/m1/s1. The molecule has 4 heteroatoms. The van der Waals surface area contributed by atoms with Gasteiger partial charge in [0.1, 0.15) is 0 Å². The maximum atomic E-state index is 12.2. The van der Waals surface area contributed by atoms with Gasteiger partial charge >= 0.3 is 0 Å². The van der Waals surface area contributed by atoms with E-state index in [2.05, 4.69) is 5.32 Å². The van der Waals surface area contributed by atoms with Crippen molar-refractivity contribution in [3.63, 3.8) is 0 Å². The molecule has 1 unspecified atom stereocenters. The zero-order valence-electron chi connectivity index (χ0n) is 10.0. The number of hydrogen-bond acceptors (Lipinski definition) is 3. The molecule has 2 rings (SSSR count). The molecule has 0 aromatic rings. The number of aliphatic hydroxyl groups is 1. The van der Waals surface area contributed by atoms with Gasteiger partial charge in [0.25, 0.3) is 0 Å². The van der Waals surface area contributed by atoms with Crippen molar-refractivity contribution in [3.05, 3.63) is 0 Å². The van der Waals surface area contributed by atoms with Crippen molar-refractivity contribution >= 4 is 5.91 Å². The molecular weight excluding hydrogens is 204 g/mol. The first-order valence-corrected chi connectivity index (χ1v) is 6.33. The number of β-amino-alcohol motifs (C(OH)–C–C–N with tert-alkyl or cyclic N) is 1. The summed E-state index contributed by atoms with van der Waals surface area (Å²) < 4.78 is 0. The number of nitrogens with zero attached hydrogens (tertiary/aromatic N) is 1. The Kier molecular flexibility index (Phi) is 3.50. The lowest BCUT2D eigenvalue weighted by molar-refractivity contribution is -0.140. The summed E-state index contributed by atoms with van der Waals surface area (Å²) in [6.07, 6.45) is 4.95. The number of rotatable bonds is 1. The molecule has 2 saturated heterocycles. The summed E-state index contributed by atoms with van der Waals surface area (Å²) in [7, 11) is 0. The lowest BCUT2D eigenvalue weighted by atomic mass is 9.94. The van der Waals surface area contributed by atoms with Crippen LogP contribution in [0.2, 0.25) is 0 Å². The molecule has 1 amide bonds. The highest BCUT2D eigenvalue weighted by atomic mass is 16.3. The Morgan fingerprint density at radius 2 is 2.25 bits per heavy atom. The van der Waals surface area contributed by atoms with Gasteiger partial charge in [-0.05, 0) is 39.2 Å². The van der Waals surface area contributed by atoms with Gasteiger partial charge in [-0.15, -0.1) is 0 Å². The van der Waals surface area contributed by atoms with Gasteiger partial charge in [0.2, 0.25) is 5.91 Å². The minimum Gasteiger partial charge on any atom is -0.388 e. The van der Waals surface area contributed by atoms with E-state index >= 15 is 0 Å². The summed E-state index contributed by atoms with van der Waals surface area (Å²) >= 11 is 0. The molecule has 0 spiro atoms. The van der Waals surface area contributed by atoms with E-state index in [1.807, 2.05) is 11.8 Å². The number of likely N-dealkylation sites (tertiary alicyclic amines) is 1. The molecular formula is C12H22N2O2. The minimum atomic E-state index is -0.692. The third-order valence-corrected chi connectivity index (χ3v) is 3.59. The van der Waals surface area contributed by atoms with E-state index in [1.165, 1.54) is 6.42 Å². The first-order valence-electron chi connectivity index (χ1n) is 6.33. The molecule has 16 heavy (non-hydrogen) atoms. The Morgan fingerprint density at radius 1 is 1.44 bits per heavy atom. The van der Waals surface area contributed by atoms with Crippen molar-refractivity contribution in [1.29, 1.82) is 0 Å². The van der Waals surface area contributed by atoms with E-state index in [1.54, 1.807) is 0 Å². The topological polar surface area (TPSA) is 52.6 Å². The van der Waals surface area contributed by atoms with E-state index in [0.717, 1.165) is 38.8 Å². The van der Waals surface area contributed by atoms with Crippen molar-refractivity contribution in [2.24, 2.45) is 0 Å². The molecule has 0 aromatic heterocycles. The van der Waals surface area contributed by atoms with Gasteiger partial charge in [0.05, 0.1) is 11.6 Å². The molecule has 2 aliphatic heterocycles. The van der Waals surface area contributed by atoms with E-state index < -0.39 is 5.60 Å². The summed E-state index contributed by atoms with van der Waals surface area (Å²) in [6, 6.07) is -0.0114. The molecule has 2 heterocycles. The molecule has 2 atom stereocenters. The third-order valence-electron chi connectivity index (χ3n) is 3.59. The van der Waals surface area contributed by atoms with Gasteiger partial charge in [0, 0.05) is 13.1 Å². The van der Waals surface area contributed by atoms with E-state index in [9.17, 15) is 9.90 Å². The van der Waals surface area contributed by atoms with Crippen molar-refractivity contribution < 1.29 is 9.90 Å². The quantitative estimate of drug-likeness (QED) is 0.684. The average Bonchev–Trinajstić information content (AvgIpc) is 2.28. The van der Waals surface area contributed by atoms with Gasteiger partial charge in [-0.3, -0.25) is 4.79 Å². The lowest BCUT2D eigenvalue weighted by Gasteiger charge is -2.39. The van der Waals surface area contributed by atoms with Crippen molar-refractivity contribution in [2.75, 3.05) is 19.6 Å². The zero-order chi connectivity index (χ0) is 11.6. The second-order valence-corrected chi connectivity index (χ2v) is 5.36. The van der Waals surface area contributed by atoms with Crippen LogP contribution in [0, 0.1) is 0 Å². The number of carbonyl (C=O) groups is 1. The van der Waals surface area contributed by atoms with Crippen LogP contribution in [-0.2, 0) is 4.79 Å². The monoisotopic (exact) mass is 226 g/mol. The molecule has 0 aromatic carbocycles. The smallest absolute Gasteiger partial charge is 0.239 e. The Labute approximate surface area is 97.0 Å². The van der Waals surface area contributed by atoms with Crippen molar-refractivity contribution in [3.8, 4) is 0 Å². The molecule has 92 valence electrons. The van der Waals surface area contributed by atoms with Crippen LogP contribution in [0.25, 0.3) is 0 Å². The third kappa shape index (κ3) is 2.74. The van der Waals surface area contributed by atoms with Crippen LogP contribution in [0.3, 0.4) is 0 Å². The highest BCUT2D eigenvalue weighted by molar-refractivity contribution is 5.82. The van der Waals surface area contributed by atoms with E-state index in [0.29, 0.717) is 6.54 Å². The Balaban J connectivity index is 1.93. The van der Waals surface area contributed by atoms with Gasteiger partial charge in [-0.2, -0.15) is 0 Å². The largest absolute Gasteiger partial charge is 0.388 e. The summed E-state index contributed by atoms with van der Waals surface area (Å²) in [5, 5.41) is 13.2. The summed E-state index contributed by atoms with van der Waals surface area (Å²) in [5.74, 6) is 0.180. The summed E-state index contributed by atoms with van der Waals surface area (Å²) in [5.41, 5.74) is -0.692. The number of carbonyl (C=O) groups excluding carboxylic acids is 1. The number of hydrogen-bond donors (Lipinski definition) is 2. The second kappa shape index (κ2) is 4.72. The minimum absolute atomic E-state index is 0.0114. The van der Waals surface area contributed by atoms with Gasteiger partial charge in [-0.1, -0.05) is 6.42 Å².